The second-order valence-corrected chi connectivity index (χ2v) is 5.00. The quantitative estimate of drug-likeness (QED) is 0.779. The molecular formula is C13H25NO2. The first-order valence-electron chi connectivity index (χ1n) is 6.83. The monoisotopic (exact) mass is 227 g/mol. The summed E-state index contributed by atoms with van der Waals surface area (Å²) in [5.74, 6) is 0.692. The summed E-state index contributed by atoms with van der Waals surface area (Å²) >= 11 is 0. The number of ether oxygens (including phenoxy) is 2. The summed E-state index contributed by atoms with van der Waals surface area (Å²) in [6.07, 6.45) is 6.69. The summed E-state index contributed by atoms with van der Waals surface area (Å²) in [5.41, 5.74) is 0. The zero-order valence-electron chi connectivity index (χ0n) is 10.4. The van der Waals surface area contributed by atoms with Gasteiger partial charge in [0.05, 0.1) is 12.7 Å². The Balaban J connectivity index is 1.72. The molecule has 3 nitrogen and oxygen atoms in total. The molecule has 0 spiro atoms. The molecule has 1 N–H and O–H groups in total. The minimum atomic E-state index is 0.532. The van der Waals surface area contributed by atoms with Gasteiger partial charge in [0.15, 0.2) is 0 Å². The number of hydrogen-bond donors (Lipinski definition) is 1. The van der Waals surface area contributed by atoms with E-state index in [1.165, 1.54) is 32.1 Å². The van der Waals surface area contributed by atoms with E-state index < -0.39 is 0 Å². The van der Waals surface area contributed by atoms with E-state index in [1.54, 1.807) is 0 Å². The van der Waals surface area contributed by atoms with Gasteiger partial charge in [-0.1, -0.05) is 6.92 Å². The first kappa shape index (κ1) is 12.3. The second kappa shape index (κ2) is 6.58. The van der Waals surface area contributed by atoms with Crippen LogP contribution in [-0.2, 0) is 9.47 Å². The molecule has 3 unspecified atom stereocenters. The van der Waals surface area contributed by atoms with Crippen molar-refractivity contribution in [2.45, 2.75) is 51.2 Å². The lowest BCUT2D eigenvalue weighted by Gasteiger charge is -2.32. The molecule has 0 radical (unpaired) electrons. The van der Waals surface area contributed by atoms with Crippen molar-refractivity contribution in [2.24, 2.45) is 5.92 Å². The Morgan fingerprint density at radius 3 is 2.88 bits per heavy atom. The van der Waals surface area contributed by atoms with E-state index in [0.717, 1.165) is 26.4 Å². The Bertz CT molecular complexity index is 190. The topological polar surface area (TPSA) is 30.5 Å². The molecule has 2 heterocycles. The molecule has 94 valence electrons. The van der Waals surface area contributed by atoms with Crippen LogP contribution in [0.25, 0.3) is 0 Å². The van der Waals surface area contributed by atoms with Gasteiger partial charge in [-0.15, -0.1) is 0 Å². The van der Waals surface area contributed by atoms with Crippen molar-refractivity contribution in [3.63, 3.8) is 0 Å². The van der Waals surface area contributed by atoms with Crippen LogP contribution in [-0.4, -0.2) is 38.5 Å². The molecule has 0 amide bonds. The van der Waals surface area contributed by atoms with Gasteiger partial charge in [-0.3, -0.25) is 0 Å². The van der Waals surface area contributed by atoms with E-state index in [4.69, 9.17) is 9.47 Å². The average Bonchev–Trinajstić information content (AvgIpc) is 2.81. The number of nitrogens with one attached hydrogen (secondary N) is 1. The Morgan fingerprint density at radius 2 is 2.12 bits per heavy atom. The average molecular weight is 227 g/mol. The van der Waals surface area contributed by atoms with Crippen molar-refractivity contribution in [2.75, 3.05) is 26.4 Å². The van der Waals surface area contributed by atoms with Gasteiger partial charge in [-0.25, -0.2) is 0 Å². The molecule has 2 rings (SSSR count). The number of rotatable bonds is 5. The fourth-order valence-corrected chi connectivity index (χ4v) is 2.88. The molecule has 3 heteroatoms. The fourth-order valence-electron chi connectivity index (χ4n) is 2.88. The molecule has 16 heavy (non-hydrogen) atoms. The SMILES string of the molecule is CCNC1CCOCC1CCC1CCCO1. The Labute approximate surface area is 98.9 Å². The highest BCUT2D eigenvalue weighted by atomic mass is 16.5. The molecule has 0 aliphatic carbocycles. The van der Waals surface area contributed by atoms with Gasteiger partial charge in [-0.2, -0.15) is 0 Å². The fraction of sp³-hybridized carbons (Fsp3) is 1.00. The standard InChI is InChI=1S/C13H25NO2/c1-2-14-13-7-9-15-10-11(13)5-6-12-4-3-8-16-12/h11-14H,2-10H2,1H3. The molecule has 2 aliphatic rings. The molecule has 3 atom stereocenters. The molecule has 0 aromatic heterocycles. The molecule has 0 saturated carbocycles. The summed E-state index contributed by atoms with van der Waals surface area (Å²) in [5, 5.41) is 3.59. The molecule has 0 aromatic rings. The van der Waals surface area contributed by atoms with E-state index in [9.17, 15) is 0 Å². The van der Waals surface area contributed by atoms with Crippen LogP contribution in [0.3, 0.4) is 0 Å². The van der Waals surface area contributed by atoms with Gasteiger partial charge >= 0.3 is 0 Å². The summed E-state index contributed by atoms with van der Waals surface area (Å²) in [6, 6.07) is 0.667. The van der Waals surface area contributed by atoms with Crippen LogP contribution in [0.4, 0.5) is 0 Å². The molecular weight excluding hydrogens is 202 g/mol. The first-order valence-corrected chi connectivity index (χ1v) is 6.83. The van der Waals surface area contributed by atoms with Crippen LogP contribution in [0.5, 0.6) is 0 Å². The van der Waals surface area contributed by atoms with Crippen LogP contribution < -0.4 is 5.32 Å². The van der Waals surface area contributed by atoms with E-state index in [2.05, 4.69) is 12.2 Å². The Morgan fingerprint density at radius 1 is 1.19 bits per heavy atom. The molecule has 2 saturated heterocycles. The van der Waals surface area contributed by atoms with E-state index >= 15 is 0 Å². The van der Waals surface area contributed by atoms with Crippen molar-refractivity contribution in [3.8, 4) is 0 Å². The lowest BCUT2D eigenvalue weighted by Crippen LogP contribution is -2.42. The third kappa shape index (κ3) is 3.44. The third-order valence-corrected chi connectivity index (χ3v) is 3.82. The lowest BCUT2D eigenvalue weighted by atomic mass is 9.90. The largest absolute Gasteiger partial charge is 0.381 e. The summed E-state index contributed by atoms with van der Waals surface area (Å²) in [7, 11) is 0. The second-order valence-electron chi connectivity index (χ2n) is 5.00. The maximum atomic E-state index is 5.68. The summed E-state index contributed by atoms with van der Waals surface area (Å²) < 4.78 is 11.3. The number of hydrogen-bond acceptors (Lipinski definition) is 3. The Hall–Kier alpha value is -0.120. The van der Waals surface area contributed by atoms with Gasteiger partial charge < -0.3 is 14.8 Å². The molecule has 2 fully saturated rings. The van der Waals surface area contributed by atoms with E-state index in [1.807, 2.05) is 0 Å². The minimum absolute atomic E-state index is 0.532. The van der Waals surface area contributed by atoms with Gasteiger partial charge in [0.1, 0.15) is 0 Å². The van der Waals surface area contributed by atoms with Crippen molar-refractivity contribution < 1.29 is 9.47 Å². The summed E-state index contributed by atoms with van der Waals surface area (Å²) in [6.45, 7) is 6.09. The molecule has 0 aromatic carbocycles. The highest BCUT2D eigenvalue weighted by molar-refractivity contribution is 4.80. The first-order chi connectivity index (χ1) is 7.90. The maximum absolute atomic E-state index is 5.68. The van der Waals surface area contributed by atoms with Crippen LogP contribution in [0.1, 0.15) is 39.0 Å². The smallest absolute Gasteiger partial charge is 0.0576 e. The van der Waals surface area contributed by atoms with Crippen LogP contribution in [0, 0.1) is 5.92 Å². The minimum Gasteiger partial charge on any atom is -0.381 e. The van der Waals surface area contributed by atoms with Crippen LogP contribution in [0.2, 0.25) is 0 Å². The third-order valence-electron chi connectivity index (χ3n) is 3.82. The highest BCUT2D eigenvalue weighted by Gasteiger charge is 2.26. The lowest BCUT2D eigenvalue weighted by molar-refractivity contribution is 0.0200. The molecule has 2 aliphatic heterocycles. The normalized spacial score (nSPS) is 35.4. The van der Waals surface area contributed by atoms with Crippen molar-refractivity contribution in [3.05, 3.63) is 0 Å². The predicted octanol–water partition coefficient (Wildman–Crippen LogP) is 1.96. The van der Waals surface area contributed by atoms with Gasteiger partial charge in [-0.05, 0) is 44.6 Å². The van der Waals surface area contributed by atoms with Crippen molar-refractivity contribution in [1.29, 1.82) is 0 Å². The van der Waals surface area contributed by atoms with Gasteiger partial charge in [0, 0.05) is 19.3 Å². The van der Waals surface area contributed by atoms with Gasteiger partial charge in [0.25, 0.3) is 0 Å². The Kier molecular flexibility index (Phi) is 5.07. The van der Waals surface area contributed by atoms with E-state index in [-0.39, 0.29) is 0 Å². The summed E-state index contributed by atoms with van der Waals surface area (Å²) in [4.78, 5) is 0. The van der Waals surface area contributed by atoms with Crippen LogP contribution >= 0.6 is 0 Å². The zero-order chi connectivity index (χ0) is 11.2. The van der Waals surface area contributed by atoms with E-state index in [0.29, 0.717) is 18.1 Å². The van der Waals surface area contributed by atoms with Gasteiger partial charge in [0.2, 0.25) is 0 Å². The molecule has 0 bridgehead atoms. The maximum Gasteiger partial charge on any atom is 0.0576 e. The zero-order valence-corrected chi connectivity index (χ0v) is 10.4. The van der Waals surface area contributed by atoms with Crippen molar-refractivity contribution in [1.82, 2.24) is 5.32 Å². The highest BCUT2D eigenvalue weighted by Crippen LogP contribution is 2.24. The van der Waals surface area contributed by atoms with Crippen molar-refractivity contribution >= 4 is 0 Å². The van der Waals surface area contributed by atoms with Crippen LogP contribution in [0.15, 0.2) is 0 Å². The predicted molar refractivity (Wildman–Crippen MR) is 64.6 cm³/mol.